The molecule has 122 valence electrons. The van der Waals surface area contributed by atoms with Gasteiger partial charge in [-0.05, 0) is 44.0 Å². The van der Waals surface area contributed by atoms with Crippen LogP contribution in [0.5, 0.6) is 0 Å². The number of carbonyl (C=O) groups is 1. The first-order valence-corrected chi connectivity index (χ1v) is 9.26. The molecule has 7 heteroatoms. The number of halogens is 1. The standard InChI is InChI=1S/C15H21FN2O3S/c1-10(2)18-7-6-14(15(18)19)17-13-5-4-12(16)8-11(13)9-22(3,20)21/h4-5,8,10,14,17H,6-7,9H2,1-3H3/t14-/m0/s1. The Morgan fingerprint density at radius 1 is 1.41 bits per heavy atom. The molecule has 1 aliphatic heterocycles. The van der Waals surface area contributed by atoms with E-state index >= 15 is 0 Å². The van der Waals surface area contributed by atoms with Gasteiger partial charge in [0.15, 0.2) is 9.84 Å². The van der Waals surface area contributed by atoms with Crippen molar-refractivity contribution >= 4 is 21.4 Å². The van der Waals surface area contributed by atoms with Gasteiger partial charge in [-0.1, -0.05) is 0 Å². The van der Waals surface area contributed by atoms with E-state index in [4.69, 9.17) is 0 Å². The molecule has 0 aromatic heterocycles. The topological polar surface area (TPSA) is 66.5 Å². The molecule has 0 aliphatic carbocycles. The molecule has 2 rings (SSSR count). The minimum absolute atomic E-state index is 0.00960. The highest BCUT2D eigenvalue weighted by Gasteiger charge is 2.33. The summed E-state index contributed by atoms with van der Waals surface area (Å²) in [5.41, 5.74) is 0.842. The minimum atomic E-state index is -3.29. The van der Waals surface area contributed by atoms with Crippen molar-refractivity contribution in [1.29, 1.82) is 0 Å². The van der Waals surface area contributed by atoms with Crippen LogP contribution in [-0.2, 0) is 20.4 Å². The lowest BCUT2D eigenvalue weighted by atomic mass is 10.1. The average Bonchev–Trinajstić information content (AvgIpc) is 2.72. The van der Waals surface area contributed by atoms with Crippen LogP contribution in [0.25, 0.3) is 0 Å². The van der Waals surface area contributed by atoms with Crippen molar-refractivity contribution in [2.45, 2.75) is 38.1 Å². The molecule has 1 N–H and O–H groups in total. The van der Waals surface area contributed by atoms with Crippen LogP contribution in [0.2, 0.25) is 0 Å². The van der Waals surface area contributed by atoms with E-state index < -0.39 is 21.7 Å². The third-order valence-electron chi connectivity index (χ3n) is 3.68. The Balaban J connectivity index is 2.21. The molecule has 1 aromatic carbocycles. The number of carbonyl (C=O) groups excluding carboxylic acids is 1. The zero-order valence-corrected chi connectivity index (χ0v) is 13.8. The van der Waals surface area contributed by atoms with Gasteiger partial charge < -0.3 is 10.2 Å². The summed E-state index contributed by atoms with van der Waals surface area (Å²) in [6.45, 7) is 4.57. The van der Waals surface area contributed by atoms with Crippen molar-refractivity contribution in [2.24, 2.45) is 0 Å². The number of likely N-dealkylation sites (tertiary alicyclic amines) is 1. The molecule has 1 aromatic rings. The van der Waals surface area contributed by atoms with E-state index in [0.29, 0.717) is 24.2 Å². The molecule has 1 aliphatic rings. The fraction of sp³-hybridized carbons (Fsp3) is 0.533. The fourth-order valence-electron chi connectivity index (χ4n) is 2.64. The number of sulfone groups is 1. The maximum atomic E-state index is 13.4. The predicted molar refractivity (Wildman–Crippen MR) is 83.8 cm³/mol. The number of benzene rings is 1. The molecule has 1 amide bonds. The SMILES string of the molecule is CC(C)N1CC[C@H](Nc2ccc(F)cc2CS(C)(=O)=O)C1=O. The normalized spacial score (nSPS) is 19.0. The molecule has 1 fully saturated rings. The van der Waals surface area contributed by atoms with Gasteiger partial charge in [0.2, 0.25) is 5.91 Å². The van der Waals surface area contributed by atoms with Gasteiger partial charge in [-0.25, -0.2) is 12.8 Å². The minimum Gasteiger partial charge on any atom is -0.373 e. The molecule has 5 nitrogen and oxygen atoms in total. The van der Waals surface area contributed by atoms with E-state index in [9.17, 15) is 17.6 Å². The van der Waals surface area contributed by atoms with Crippen molar-refractivity contribution in [1.82, 2.24) is 4.90 Å². The lowest BCUT2D eigenvalue weighted by molar-refractivity contribution is -0.129. The largest absolute Gasteiger partial charge is 0.373 e. The summed E-state index contributed by atoms with van der Waals surface area (Å²) in [5, 5.41) is 3.07. The number of nitrogens with one attached hydrogen (secondary N) is 1. The molecule has 0 unspecified atom stereocenters. The molecule has 1 atom stereocenters. The molecular formula is C15H21FN2O3S. The maximum Gasteiger partial charge on any atom is 0.245 e. The molecule has 0 radical (unpaired) electrons. The second-order valence-electron chi connectivity index (χ2n) is 5.98. The van der Waals surface area contributed by atoms with Gasteiger partial charge in [0.25, 0.3) is 0 Å². The lowest BCUT2D eigenvalue weighted by Crippen LogP contribution is -2.37. The van der Waals surface area contributed by atoms with Crippen LogP contribution in [0.4, 0.5) is 10.1 Å². The summed E-state index contributed by atoms with van der Waals surface area (Å²) < 4.78 is 36.3. The second kappa shape index (κ2) is 6.24. The second-order valence-corrected chi connectivity index (χ2v) is 8.12. The van der Waals surface area contributed by atoms with Gasteiger partial charge >= 0.3 is 0 Å². The van der Waals surface area contributed by atoms with Crippen LogP contribution in [0.15, 0.2) is 18.2 Å². The third kappa shape index (κ3) is 3.97. The van der Waals surface area contributed by atoms with Crippen molar-refractivity contribution < 1.29 is 17.6 Å². The quantitative estimate of drug-likeness (QED) is 0.895. The zero-order chi connectivity index (χ0) is 16.5. The summed E-state index contributed by atoms with van der Waals surface area (Å²) in [6.07, 6.45) is 1.75. The van der Waals surface area contributed by atoms with E-state index in [-0.39, 0.29) is 17.7 Å². The Labute approximate surface area is 130 Å². The fourth-order valence-corrected chi connectivity index (χ4v) is 3.45. The van der Waals surface area contributed by atoms with Gasteiger partial charge in [0.1, 0.15) is 11.9 Å². The molecule has 0 spiro atoms. The number of nitrogens with zero attached hydrogens (tertiary/aromatic N) is 1. The van der Waals surface area contributed by atoms with Gasteiger partial charge in [0.05, 0.1) is 5.75 Å². The van der Waals surface area contributed by atoms with E-state index in [1.807, 2.05) is 13.8 Å². The Kier molecular flexibility index (Phi) is 4.75. The van der Waals surface area contributed by atoms with Gasteiger partial charge in [-0.3, -0.25) is 4.79 Å². The van der Waals surface area contributed by atoms with E-state index in [1.165, 1.54) is 18.2 Å². The monoisotopic (exact) mass is 328 g/mol. The van der Waals surface area contributed by atoms with E-state index in [0.717, 1.165) is 6.26 Å². The van der Waals surface area contributed by atoms with E-state index in [2.05, 4.69) is 5.32 Å². The molecule has 22 heavy (non-hydrogen) atoms. The highest BCUT2D eigenvalue weighted by Crippen LogP contribution is 2.24. The highest BCUT2D eigenvalue weighted by molar-refractivity contribution is 7.89. The summed E-state index contributed by atoms with van der Waals surface area (Å²) in [4.78, 5) is 14.1. The van der Waals surface area contributed by atoms with Crippen LogP contribution in [0.1, 0.15) is 25.8 Å². The summed E-state index contributed by atoms with van der Waals surface area (Å²) in [6, 6.07) is 3.67. The Morgan fingerprint density at radius 3 is 2.64 bits per heavy atom. The molecule has 1 heterocycles. The summed E-state index contributed by atoms with van der Waals surface area (Å²) in [7, 11) is -3.29. The van der Waals surface area contributed by atoms with Gasteiger partial charge in [-0.2, -0.15) is 0 Å². The Bertz CT molecular complexity index is 673. The Hall–Kier alpha value is -1.63. The van der Waals surface area contributed by atoms with Crippen LogP contribution in [0.3, 0.4) is 0 Å². The molecule has 0 saturated carbocycles. The van der Waals surface area contributed by atoms with Crippen molar-refractivity contribution in [2.75, 3.05) is 18.1 Å². The summed E-state index contributed by atoms with van der Waals surface area (Å²) in [5.74, 6) is -0.766. The first-order valence-electron chi connectivity index (χ1n) is 7.20. The molecular weight excluding hydrogens is 307 g/mol. The van der Waals surface area contributed by atoms with Crippen LogP contribution in [0, 0.1) is 5.82 Å². The number of hydrogen-bond acceptors (Lipinski definition) is 4. The first kappa shape index (κ1) is 16.7. The smallest absolute Gasteiger partial charge is 0.245 e. The van der Waals surface area contributed by atoms with Gasteiger partial charge in [0, 0.05) is 24.5 Å². The van der Waals surface area contributed by atoms with Crippen molar-refractivity contribution in [3.05, 3.63) is 29.6 Å². The average molecular weight is 328 g/mol. The zero-order valence-electron chi connectivity index (χ0n) is 13.0. The van der Waals surface area contributed by atoms with Crippen LogP contribution in [-0.4, -0.2) is 44.1 Å². The molecule has 0 bridgehead atoms. The predicted octanol–water partition coefficient (Wildman–Crippen LogP) is 1.79. The number of hydrogen-bond donors (Lipinski definition) is 1. The first-order chi connectivity index (χ1) is 10.2. The number of anilines is 1. The highest BCUT2D eigenvalue weighted by atomic mass is 32.2. The summed E-state index contributed by atoms with van der Waals surface area (Å²) >= 11 is 0. The van der Waals surface area contributed by atoms with Crippen LogP contribution >= 0.6 is 0 Å². The number of amides is 1. The number of rotatable bonds is 5. The van der Waals surface area contributed by atoms with E-state index in [1.54, 1.807) is 4.90 Å². The van der Waals surface area contributed by atoms with Crippen LogP contribution < -0.4 is 5.32 Å². The molecule has 1 saturated heterocycles. The maximum absolute atomic E-state index is 13.4. The third-order valence-corrected chi connectivity index (χ3v) is 4.51. The van der Waals surface area contributed by atoms with Crippen molar-refractivity contribution in [3.8, 4) is 0 Å². The Morgan fingerprint density at radius 2 is 2.09 bits per heavy atom. The lowest BCUT2D eigenvalue weighted by Gasteiger charge is -2.22. The van der Waals surface area contributed by atoms with Crippen molar-refractivity contribution in [3.63, 3.8) is 0 Å². The van der Waals surface area contributed by atoms with Gasteiger partial charge in [-0.15, -0.1) is 0 Å².